The molecule has 2 rings (SSSR count). The average molecular weight is 290 g/mol. The van der Waals surface area contributed by atoms with Crippen LogP contribution in [0.25, 0.3) is 0 Å². The average Bonchev–Trinajstić information content (AvgIpc) is 2.71. The van der Waals surface area contributed by atoms with E-state index in [0.717, 1.165) is 0 Å². The van der Waals surface area contributed by atoms with Crippen LogP contribution in [0.3, 0.4) is 0 Å². The van der Waals surface area contributed by atoms with Gasteiger partial charge in [-0.2, -0.15) is 0 Å². The van der Waals surface area contributed by atoms with Crippen LogP contribution in [0, 0.1) is 0 Å². The minimum atomic E-state index is -4.71. The van der Waals surface area contributed by atoms with Gasteiger partial charge < -0.3 is 20.1 Å². The van der Waals surface area contributed by atoms with Crippen molar-refractivity contribution in [1.82, 2.24) is 4.90 Å². The van der Waals surface area contributed by atoms with Crippen molar-refractivity contribution in [2.24, 2.45) is 5.73 Å². The number of halogens is 3. The number of hydrogen-bond donors (Lipinski definition) is 1. The fourth-order valence-corrected chi connectivity index (χ4v) is 1.84. The summed E-state index contributed by atoms with van der Waals surface area (Å²) in [6.45, 7) is 0.859. The second-order valence-corrected chi connectivity index (χ2v) is 4.31. The van der Waals surface area contributed by atoms with Gasteiger partial charge in [-0.3, -0.25) is 0 Å². The highest BCUT2D eigenvalue weighted by molar-refractivity contribution is 5.70. The number of carbonyl (C=O) groups is 1. The Morgan fingerprint density at radius 2 is 2.00 bits per heavy atom. The van der Waals surface area contributed by atoms with Crippen molar-refractivity contribution >= 4 is 6.09 Å². The predicted octanol–water partition coefficient (Wildman–Crippen LogP) is 1.86. The molecule has 0 spiro atoms. The Bertz CT molecular complexity index is 476. The Morgan fingerprint density at radius 3 is 2.50 bits per heavy atom. The second kappa shape index (κ2) is 5.58. The fraction of sp³-hybridized carbons (Fsp3) is 0.417. The van der Waals surface area contributed by atoms with Crippen LogP contribution >= 0.6 is 0 Å². The Labute approximate surface area is 113 Å². The molecule has 8 heteroatoms. The molecule has 110 valence electrons. The van der Waals surface area contributed by atoms with E-state index in [0.29, 0.717) is 12.1 Å². The van der Waals surface area contributed by atoms with Gasteiger partial charge in [-0.25, -0.2) is 4.79 Å². The monoisotopic (exact) mass is 290 g/mol. The van der Waals surface area contributed by atoms with Gasteiger partial charge in [-0.15, -0.1) is 13.2 Å². The third kappa shape index (κ3) is 3.77. The van der Waals surface area contributed by atoms with E-state index in [-0.39, 0.29) is 24.9 Å². The molecule has 1 aromatic carbocycles. The number of amides is 1. The number of nitrogens with two attached hydrogens (primary N) is 1. The van der Waals surface area contributed by atoms with Crippen molar-refractivity contribution in [2.75, 3.05) is 13.1 Å². The molecular formula is C12H13F3N2O3. The normalized spacial score (nSPS) is 19.1. The summed E-state index contributed by atoms with van der Waals surface area (Å²) < 4.78 is 44.7. The molecule has 20 heavy (non-hydrogen) atoms. The summed E-state index contributed by atoms with van der Waals surface area (Å²) in [7, 11) is 0. The minimum absolute atomic E-state index is 0.237. The molecule has 0 bridgehead atoms. The standard InChI is InChI=1S/C12H13F3N2O3/c13-12(14,15)20-9-3-1-8(2-4-9)6-17-7-10(5-16)19-11(17)18/h1-4,10H,5-7,16H2. The summed E-state index contributed by atoms with van der Waals surface area (Å²) in [4.78, 5) is 12.9. The zero-order chi connectivity index (χ0) is 14.8. The van der Waals surface area contributed by atoms with E-state index >= 15 is 0 Å². The van der Waals surface area contributed by atoms with Gasteiger partial charge in [0.25, 0.3) is 0 Å². The molecule has 0 aliphatic carbocycles. The van der Waals surface area contributed by atoms with Crippen LogP contribution in [-0.2, 0) is 11.3 Å². The number of benzene rings is 1. The number of alkyl halides is 3. The highest BCUT2D eigenvalue weighted by atomic mass is 19.4. The van der Waals surface area contributed by atoms with Gasteiger partial charge in [0.05, 0.1) is 6.54 Å². The molecule has 1 aromatic rings. The highest BCUT2D eigenvalue weighted by Gasteiger charge is 2.31. The maximum absolute atomic E-state index is 12.0. The summed E-state index contributed by atoms with van der Waals surface area (Å²) in [6.07, 6.45) is -5.53. The van der Waals surface area contributed by atoms with Gasteiger partial charge in [0.15, 0.2) is 0 Å². The number of carbonyl (C=O) groups excluding carboxylic acids is 1. The molecule has 5 nitrogen and oxygen atoms in total. The number of hydrogen-bond acceptors (Lipinski definition) is 4. The third-order valence-electron chi connectivity index (χ3n) is 2.74. The zero-order valence-corrected chi connectivity index (χ0v) is 10.4. The summed E-state index contributed by atoms with van der Waals surface area (Å²) >= 11 is 0. The van der Waals surface area contributed by atoms with Crippen LogP contribution in [0.15, 0.2) is 24.3 Å². The van der Waals surface area contributed by atoms with Gasteiger partial charge in [-0.1, -0.05) is 12.1 Å². The van der Waals surface area contributed by atoms with E-state index in [4.69, 9.17) is 10.5 Å². The van der Waals surface area contributed by atoms with E-state index in [1.165, 1.54) is 29.2 Å². The largest absolute Gasteiger partial charge is 0.573 e. The van der Waals surface area contributed by atoms with Gasteiger partial charge in [0.2, 0.25) is 0 Å². The molecule has 0 radical (unpaired) electrons. The topological polar surface area (TPSA) is 64.8 Å². The molecule has 1 amide bonds. The van der Waals surface area contributed by atoms with Gasteiger partial charge in [0, 0.05) is 13.1 Å². The van der Waals surface area contributed by atoms with E-state index in [9.17, 15) is 18.0 Å². The van der Waals surface area contributed by atoms with Crippen molar-refractivity contribution in [3.8, 4) is 5.75 Å². The third-order valence-corrected chi connectivity index (χ3v) is 2.74. The van der Waals surface area contributed by atoms with Crippen molar-refractivity contribution in [3.05, 3.63) is 29.8 Å². The summed E-state index contributed by atoms with van der Waals surface area (Å²) in [5.41, 5.74) is 6.08. The second-order valence-electron chi connectivity index (χ2n) is 4.31. The molecule has 0 saturated carbocycles. The summed E-state index contributed by atoms with van der Waals surface area (Å²) in [5.74, 6) is -0.301. The van der Waals surface area contributed by atoms with E-state index in [2.05, 4.69) is 4.74 Å². The highest BCUT2D eigenvalue weighted by Crippen LogP contribution is 2.23. The van der Waals surface area contributed by atoms with Crippen LogP contribution in [0.2, 0.25) is 0 Å². The van der Waals surface area contributed by atoms with Crippen LogP contribution < -0.4 is 10.5 Å². The fourth-order valence-electron chi connectivity index (χ4n) is 1.84. The van der Waals surface area contributed by atoms with E-state index < -0.39 is 12.5 Å². The van der Waals surface area contributed by atoms with Crippen molar-refractivity contribution in [1.29, 1.82) is 0 Å². The van der Waals surface area contributed by atoms with Crippen LogP contribution in [0.5, 0.6) is 5.75 Å². The smallest absolute Gasteiger partial charge is 0.443 e. The predicted molar refractivity (Wildman–Crippen MR) is 62.9 cm³/mol. The molecule has 0 aromatic heterocycles. The molecule has 1 heterocycles. The SMILES string of the molecule is NCC1CN(Cc2ccc(OC(F)(F)F)cc2)C(=O)O1. The molecule has 1 aliphatic heterocycles. The Kier molecular flexibility index (Phi) is 4.03. The van der Waals surface area contributed by atoms with E-state index in [1.807, 2.05) is 0 Å². The molecular weight excluding hydrogens is 277 g/mol. The molecule has 1 unspecified atom stereocenters. The molecule has 2 N–H and O–H groups in total. The summed E-state index contributed by atoms with van der Waals surface area (Å²) in [6, 6.07) is 5.32. The Balaban J connectivity index is 1.96. The Hall–Kier alpha value is -1.96. The first-order chi connectivity index (χ1) is 9.37. The maximum atomic E-state index is 12.0. The number of nitrogens with zero attached hydrogens (tertiary/aromatic N) is 1. The summed E-state index contributed by atoms with van der Waals surface area (Å²) in [5, 5.41) is 0. The first kappa shape index (κ1) is 14.4. The van der Waals surface area contributed by atoms with Crippen molar-refractivity contribution in [3.63, 3.8) is 0 Å². The van der Waals surface area contributed by atoms with Crippen LogP contribution in [0.1, 0.15) is 5.56 Å². The Morgan fingerprint density at radius 1 is 1.35 bits per heavy atom. The van der Waals surface area contributed by atoms with E-state index in [1.54, 1.807) is 0 Å². The van der Waals surface area contributed by atoms with Crippen molar-refractivity contribution < 1.29 is 27.4 Å². The quantitative estimate of drug-likeness (QED) is 0.919. The van der Waals surface area contributed by atoms with Crippen molar-refractivity contribution in [2.45, 2.75) is 19.0 Å². The number of ether oxygens (including phenoxy) is 2. The lowest BCUT2D eigenvalue weighted by atomic mass is 10.2. The lowest BCUT2D eigenvalue weighted by Crippen LogP contribution is -2.27. The lowest BCUT2D eigenvalue weighted by Gasteiger charge is -2.13. The molecule has 1 aliphatic rings. The number of rotatable bonds is 4. The minimum Gasteiger partial charge on any atom is -0.443 e. The van der Waals surface area contributed by atoms with Gasteiger partial charge in [-0.05, 0) is 17.7 Å². The first-order valence-electron chi connectivity index (χ1n) is 5.87. The maximum Gasteiger partial charge on any atom is 0.573 e. The first-order valence-corrected chi connectivity index (χ1v) is 5.87. The lowest BCUT2D eigenvalue weighted by molar-refractivity contribution is -0.274. The van der Waals surface area contributed by atoms with Crippen LogP contribution in [-0.4, -0.2) is 36.5 Å². The number of cyclic esters (lactones) is 1. The molecule has 1 fully saturated rings. The van der Waals surface area contributed by atoms with Gasteiger partial charge >= 0.3 is 12.5 Å². The molecule has 1 saturated heterocycles. The molecule has 1 atom stereocenters. The zero-order valence-electron chi connectivity index (χ0n) is 10.4. The van der Waals surface area contributed by atoms with Gasteiger partial charge in [0.1, 0.15) is 11.9 Å². The van der Waals surface area contributed by atoms with Crippen LogP contribution in [0.4, 0.5) is 18.0 Å².